The summed E-state index contributed by atoms with van der Waals surface area (Å²) in [6.07, 6.45) is -2.30. The van der Waals surface area contributed by atoms with Crippen LogP contribution < -0.4 is 10.6 Å². The van der Waals surface area contributed by atoms with Crippen molar-refractivity contribution >= 4 is 12.0 Å². The van der Waals surface area contributed by atoms with Gasteiger partial charge in [0.1, 0.15) is 18.8 Å². The minimum Gasteiger partial charge on any atom is -0.445 e. The van der Waals surface area contributed by atoms with Crippen LogP contribution in [0.15, 0.2) is 30.3 Å². The molecule has 1 saturated heterocycles. The SMILES string of the molecule is CC(F)C(NC(=O)OCc1ccccc1)C(=O)N1CCNCC1. The van der Waals surface area contributed by atoms with E-state index in [1.807, 2.05) is 30.3 Å². The largest absolute Gasteiger partial charge is 0.445 e. The van der Waals surface area contributed by atoms with E-state index in [1.165, 1.54) is 6.92 Å². The van der Waals surface area contributed by atoms with Crippen molar-refractivity contribution in [1.29, 1.82) is 0 Å². The van der Waals surface area contributed by atoms with Crippen LogP contribution in [0.3, 0.4) is 0 Å². The molecule has 2 N–H and O–H groups in total. The van der Waals surface area contributed by atoms with Crippen molar-refractivity contribution in [3.63, 3.8) is 0 Å². The number of nitrogens with one attached hydrogen (secondary N) is 2. The normalized spacial score (nSPS) is 17.2. The Hall–Kier alpha value is -2.15. The number of halogens is 1. The van der Waals surface area contributed by atoms with Crippen LogP contribution in [0.25, 0.3) is 0 Å². The molecule has 0 bridgehead atoms. The van der Waals surface area contributed by atoms with Crippen LogP contribution in [0.4, 0.5) is 9.18 Å². The molecule has 0 radical (unpaired) electrons. The zero-order valence-corrected chi connectivity index (χ0v) is 13.1. The lowest BCUT2D eigenvalue weighted by molar-refractivity contribution is -0.135. The fourth-order valence-corrected chi connectivity index (χ4v) is 2.35. The summed E-state index contributed by atoms with van der Waals surface area (Å²) in [5, 5.41) is 5.45. The molecule has 0 aliphatic carbocycles. The number of alkyl carbamates (subject to hydrolysis) is 1. The highest BCUT2D eigenvalue weighted by molar-refractivity contribution is 5.86. The van der Waals surface area contributed by atoms with E-state index in [4.69, 9.17) is 4.74 Å². The second-order valence-electron chi connectivity index (χ2n) is 5.44. The van der Waals surface area contributed by atoms with Crippen molar-refractivity contribution in [3.8, 4) is 0 Å². The van der Waals surface area contributed by atoms with Crippen LogP contribution in [-0.4, -0.2) is 55.3 Å². The molecule has 0 aromatic heterocycles. The number of piperazine rings is 1. The van der Waals surface area contributed by atoms with Crippen LogP contribution in [0.2, 0.25) is 0 Å². The predicted molar refractivity (Wildman–Crippen MR) is 83.6 cm³/mol. The molecule has 23 heavy (non-hydrogen) atoms. The first kappa shape index (κ1) is 17.2. The summed E-state index contributed by atoms with van der Waals surface area (Å²) in [4.78, 5) is 25.7. The highest BCUT2D eigenvalue weighted by Crippen LogP contribution is 2.07. The van der Waals surface area contributed by atoms with E-state index < -0.39 is 24.2 Å². The van der Waals surface area contributed by atoms with E-state index in [0.717, 1.165) is 5.56 Å². The molecule has 1 aromatic carbocycles. The lowest BCUT2D eigenvalue weighted by Gasteiger charge is -2.31. The van der Waals surface area contributed by atoms with Gasteiger partial charge in [0.15, 0.2) is 0 Å². The molecule has 2 unspecified atom stereocenters. The fourth-order valence-electron chi connectivity index (χ4n) is 2.35. The molecule has 126 valence electrons. The summed E-state index contributed by atoms with van der Waals surface area (Å²) in [6.45, 7) is 3.66. The van der Waals surface area contributed by atoms with E-state index in [1.54, 1.807) is 4.90 Å². The highest BCUT2D eigenvalue weighted by atomic mass is 19.1. The first-order valence-electron chi connectivity index (χ1n) is 7.68. The van der Waals surface area contributed by atoms with Crippen LogP contribution >= 0.6 is 0 Å². The Balaban J connectivity index is 1.87. The van der Waals surface area contributed by atoms with E-state index in [2.05, 4.69) is 10.6 Å². The average molecular weight is 323 g/mol. The number of hydrogen-bond acceptors (Lipinski definition) is 4. The van der Waals surface area contributed by atoms with Crippen molar-refractivity contribution in [3.05, 3.63) is 35.9 Å². The predicted octanol–water partition coefficient (Wildman–Crippen LogP) is 1.07. The number of nitrogens with zero attached hydrogens (tertiary/aromatic N) is 1. The van der Waals surface area contributed by atoms with Gasteiger partial charge in [0.05, 0.1) is 0 Å². The van der Waals surface area contributed by atoms with Crippen LogP contribution in [0.1, 0.15) is 12.5 Å². The van der Waals surface area contributed by atoms with Crippen molar-refractivity contribution < 1.29 is 18.7 Å². The van der Waals surface area contributed by atoms with Gasteiger partial charge in [0.2, 0.25) is 5.91 Å². The highest BCUT2D eigenvalue weighted by Gasteiger charge is 2.31. The van der Waals surface area contributed by atoms with Crippen LogP contribution in [0, 0.1) is 0 Å². The minimum absolute atomic E-state index is 0.0713. The van der Waals surface area contributed by atoms with Crippen molar-refractivity contribution in [2.45, 2.75) is 25.7 Å². The van der Waals surface area contributed by atoms with E-state index in [9.17, 15) is 14.0 Å². The Bertz CT molecular complexity index is 519. The molecular weight excluding hydrogens is 301 g/mol. The molecule has 2 rings (SSSR count). The summed E-state index contributed by atoms with van der Waals surface area (Å²) in [6, 6.07) is 7.92. The molecular formula is C16H22FN3O3. The maximum Gasteiger partial charge on any atom is 0.408 e. The minimum atomic E-state index is -1.50. The molecule has 0 spiro atoms. The van der Waals surface area contributed by atoms with Gasteiger partial charge in [-0.1, -0.05) is 30.3 Å². The Morgan fingerprint density at radius 1 is 1.30 bits per heavy atom. The molecule has 1 aliphatic rings. The van der Waals surface area contributed by atoms with Crippen LogP contribution in [-0.2, 0) is 16.1 Å². The Morgan fingerprint density at radius 2 is 1.96 bits per heavy atom. The second-order valence-corrected chi connectivity index (χ2v) is 5.44. The molecule has 2 atom stereocenters. The third-order valence-corrected chi connectivity index (χ3v) is 3.64. The quantitative estimate of drug-likeness (QED) is 0.850. The fraction of sp³-hybridized carbons (Fsp3) is 0.500. The maximum atomic E-state index is 13.8. The maximum absolute atomic E-state index is 13.8. The average Bonchev–Trinajstić information content (AvgIpc) is 2.58. The molecule has 7 heteroatoms. The number of ether oxygens (including phenoxy) is 1. The Labute approximate surface area is 135 Å². The van der Waals surface area contributed by atoms with Crippen LogP contribution in [0.5, 0.6) is 0 Å². The van der Waals surface area contributed by atoms with Gasteiger partial charge in [0.25, 0.3) is 0 Å². The number of rotatable bonds is 5. The summed E-state index contributed by atoms with van der Waals surface area (Å²) in [5.74, 6) is -0.418. The van der Waals surface area contributed by atoms with Gasteiger partial charge in [-0.15, -0.1) is 0 Å². The van der Waals surface area contributed by atoms with E-state index in [0.29, 0.717) is 26.2 Å². The van der Waals surface area contributed by atoms with Gasteiger partial charge in [0, 0.05) is 26.2 Å². The van der Waals surface area contributed by atoms with E-state index >= 15 is 0 Å². The monoisotopic (exact) mass is 323 g/mol. The third kappa shape index (κ3) is 5.21. The molecule has 1 fully saturated rings. The zero-order valence-electron chi connectivity index (χ0n) is 13.1. The first-order valence-corrected chi connectivity index (χ1v) is 7.68. The number of hydrogen-bond donors (Lipinski definition) is 2. The smallest absolute Gasteiger partial charge is 0.408 e. The Morgan fingerprint density at radius 3 is 2.57 bits per heavy atom. The zero-order chi connectivity index (χ0) is 16.7. The van der Waals surface area contributed by atoms with Gasteiger partial charge >= 0.3 is 6.09 Å². The number of benzene rings is 1. The lowest BCUT2D eigenvalue weighted by Crippen LogP contribution is -2.56. The summed E-state index contributed by atoms with van der Waals surface area (Å²) in [5.41, 5.74) is 0.820. The van der Waals surface area contributed by atoms with Gasteiger partial charge in [-0.2, -0.15) is 0 Å². The first-order chi connectivity index (χ1) is 11.1. The molecule has 1 aromatic rings. The number of carbonyl (C=O) groups excluding carboxylic acids is 2. The van der Waals surface area contributed by atoms with Crippen molar-refractivity contribution in [1.82, 2.24) is 15.5 Å². The lowest BCUT2D eigenvalue weighted by atomic mass is 10.1. The van der Waals surface area contributed by atoms with Gasteiger partial charge < -0.3 is 20.3 Å². The molecule has 0 saturated carbocycles. The van der Waals surface area contributed by atoms with Gasteiger partial charge in [-0.25, -0.2) is 9.18 Å². The van der Waals surface area contributed by atoms with E-state index in [-0.39, 0.29) is 6.61 Å². The Kier molecular flexibility index (Phi) is 6.34. The molecule has 6 nitrogen and oxygen atoms in total. The number of alkyl halides is 1. The molecule has 1 heterocycles. The summed E-state index contributed by atoms with van der Waals surface area (Å²) < 4.78 is 18.8. The summed E-state index contributed by atoms with van der Waals surface area (Å²) in [7, 11) is 0. The molecule has 1 aliphatic heterocycles. The van der Waals surface area contributed by atoms with Gasteiger partial charge in [-0.3, -0.25) is 4.79 Å². The van der Waals surface area contributed by atoms with Gasteiger partial charge in [-0.05, 0) is 12.5 Å². The number of amides is 2. The summed E-state index contributed by atoms with van der Waals surface area (Å²) >= 11 is 0. The number of carbonyl (C=O) groups is 2. The standard InChI is InChI=1S/C16H22FN3O3/c1-12(17)14(15(21)20-9-7-18-8-10-20)19-16(22)23-11-13-5-3-2-4-6-13/h2-6,12,14,18H,7-11H2,1H3,(H,19,22). The second kappa shape index (κ2) is 8.47. The third-order valence-electron chi connectivity index (χ3n) is 3.64. The van der Waals surface area contributed by atoms with Crippen molar-refractivity contribution in [2.75, 3.05) is 26.2 Å². The molecule has 2 amide bonds. The van der Waals surface area contributed by atoms with Crippen molar-refractivity contribution in [2.24, 2.45) is 0 Å². The topological polar surface area (TPSA) is 70.7 Å².